The standard InChI is InChI=1S/C9H19N3O2S/c13-15(14,11-8-4-3-5-8)12-9-6-1-2-7-10-9/h8-12H,1-7H2. The third-order valence-corrected chi connectivity index (χ3v) is 4.27. The second-order valence-corrected chi connectivity index (χ2v) is 5.85. The second-order valence-electron chi connectivity index (χ2n) is 4.37. The lowest BCUT2D eigenvalue weighted by molar-refractivity contribution is 0.361. The first-order chi connectivity index (χ1) is 7.16. The fraction of sp³-hybridized carbons (Fsp3) is 1.00. The van der Waals surface area contributed by atoms with E-state index in [2.05, 4.69) is 14.8 Å². The normalized spacial score (nSPS) is 28.7. The zero-order valence-corrected chi connectivity index (χ0v) is 9.65. The van der Waals surface area contributed by atoms with Gasteiger partial charge < -0.3 is 5.32 Å². The Labute approximate surface area is 91.2 Å². The van der Waals surface area contributed by atoms with Gasteiger partial charge in [0.15, 0.2) is 0 Å². The summed E-state index contributed by atoms with van der Waals surface area (Å²) in [7, 11) is -3.30. The fourth-order valence-corrected chi connectivity index (χ4v) is 3.24. The lowest BCUT2D eigenvalue weighted by atomic mass is 9.94. The Bertz CT molecular complexity index is 294. The van der Waals surface area contributed by atoms with Crippen LogP contribution in [0.15, 0.2) is 0 Å². The first-order valence-electron chi connectivity index (χ1n) is 5.69. The highest BCUT2D eigenvalue weighted by Gasteiger charge is 2.25. The van der Waals surface area contributed by atoms with Gasteiger partial charge in [0, 0.05) is 6.04 Å². The van der Waals surface area contributed by atoms with Crippen LogP contribution in [0.5, 0.6) is 0 Å². The maximum absolute atomic E-state index is 11.6. The highest BCUT2D eigenvalue weighted by molar-refractivity contribution is 7.87. The predicted octanol–water partition coefficient (Wildman–Crippen LogP) is 0.0625. The van der Waals surface area contributed by atoms with Gasteiger partial charge in [0.25, 0.3) is 10.2 Å². The van der Waals surface area contributed by atoms with Crippen LogP contribution in [-0.2, 0) is 10.2 Å². The van der Waals surface area contributed by atoms with Gasteiger partial charge in [-0.05, 0) is 38.6 Å². The van der Waals surface area contributed by atoms with E-state index < -0.39 is 10.2 Å². The number of rotatable bonds is 4. The van der Waals surface area contributed by atoms with Crippen LogP contribution in [0.25, 0.3) is 0 Å². The minimum absolute atomic E-state index is 0.0867. The quantitative estimate of drug-likeness (QED) is 0.643. The van der Waals surface area contributed by atoms with Crippen LogP contribution in [-0.4, -0.2) is 27.2 Å². The lowest BCUT2D eigenvalue weighted by Crippen LogP contribution is -2.54. The maximum Gasteiger partial charge on any atom is 0.278 e. The van der Waals surface area contributed by atoms with Crippen LogP contribution in [0.2, 0.25) is 0 Å². The molecule has 1 saturated heterocycles. The Balaban J connectivity index is 1.80. The average Bonchev–Trinajstić information content (AvgIpc) is 2.13. The monoisotopic (exact) mass is 233 g/mol. The third-order valence-electron chi connectivity index (χ3n) is 3.03. The summed E-state index contributed by atoms with van der Waals surface area (Å²) >= 11 is 0. The van der Waals surface area contributed by atoms with E-state index in [1.165, 1.54) is 0 Å². The first-order valence-corrected chi connectivity index (χ1v) is 7.17. The van der Waals surface area contributed by atoms with Crippen molar-refractivity contribution in [2.45, 2.75) is 50.7 Å². The first kappa shape index (κ1) is 11.3. The summed E-state index contributed by atoms with van der Waals surface area (Å²) in [4.78, 5) is 0. The molecule has 0 spiro atoms. The largest absolute Gasteiger partial charge is 0.301 e. The van der Waals surface area contributed by atoms with Gasteiger partial charge in [0.2, 0.25) is 0 Å². The van der Waals surface area contributed by atoms with Crippen LogP contribution < -0.4 is 14.8 Å². The van der Waals surface area contributed by atoms with E-state index in [1.807, 2.05) is 0 Å². The Morgan fingerprint density at radius 2 is 1.80 bits per heavy atom. The molecule has 1 saturated carbocycles. The molecule has 1 aliphatic carbocycles. The lowest BCUT2D eigenvalue weighted by Gasteiger charge is -2.29. The van der Waals surface area contributed by atoms with E-state index in [0.29, 0.717) is 0 Å². The van der Waals surface area contributed by atoms with Gasteiger partial charge in [-0.2, -0.15) is 17.9 Å². The third kappa shape index (κ3) is 3.41. The van der Waals surface area contributed by atoms with Gasteiger partial charge in [-0.25, -0.2) is 0 Å². The summed E-state index contributed by atoms with van der Waals surface area (Å²) in [5.41, 5.74) is 0. The molecule has 2 aliphatic rings. The van der Waals surface area contributed by atoms with Gasteiger partial charge in [-0.1, -0.05) is 6.42 Å². The Kier molecular flexibility index (Phi) is 3.60. The number of piperidine rings is 1. The Hall–Kier alpha value is -0.170. The van der Waals surface area contributed by atoms with Crippen molar-refractivity contribution >= 4 is 10.2 Å². The highest BCUT2D eigenvalue weighted by atomic mass is 32.2. The molecule has 1 unspecified atom stereocenters. The molecule has 1 atom stereocenters. The molecule has 0 bridgehead atoms. The van der Waals surface area contributed by atoms with E-state index in [0.717, 1.165) is 45.1 Å². The Morgan fingerprint density at radius 3 is 2.33 bits per heavy atom. The predicted molar refractivity (Wildman–Crippen MR) is 58.5 cm³/mol. The highest BCUT2D eigenvalue weighted by Crippen LogP contribution is 2.18. The topological polar surface area (TPSA) is 70.2 Å². The van der Waals surface area contributed by atoms with Gasteiger partial charge in [0.1, 0.15) is 0 Å². The minimum Gasteiger partial charge on any atom is -0.301 e. The van der Waals surface area contributed by atoms with Gasteiger partial charge in [-0.15, -0.1) is 0 Å². The van der Waals surface area contributed by atoms with E-state index >= 15 is 0 Å². The molecule has 0 aromatic heterocycles. The fourth-order valence-electron chi connectivity index (χ4n) is 1.92. The molecule has 1 aliphatic heterocycles. The summed E-state index contributed by atoms with van der Waals surface area (Å²) in [6, 6.07) is 0.158. The molecule has 5 nitrogen and oxygen atoms in total. The summed E-state index contributed by atoms with van der Waals surface area (Å²) in [5, 5.41) is 3.15. The molecule has 15 heavy (non-hydrogen) atoms. The van der Waals surface area contributed by atoms with Gasteiger partial charge in [-0.3, -0.25) is 0 Å². The smallest absolute Gasteiger partial charge is 0.278 e. The van der Waals surface area contributed by atoms with E-state index in [1.54, 1.807) is 0 Å². The van der Waals surface area contributed by atoms with Crippen molar-refractivity contribution < 1.29 is 8.42 Å². The molecule has 2 fully saturated rings. The molecule has 1 heterocycles. The summed E-state index contributed by atoms with van der Waals surface area (Å²) in [5.74, 6) is 0. The van der Waals surface area contributed by atoms with Crippen LogP contribution in [0.1, 0.15) is 38.5 Å². The molecular formula is C9H19N3O2S. The van der Waals surface area contributed by atoms with Crippen molar-refractivity contribution in [3.63, 3.8) is 0 Å². The SMILES string of the molecule is O=S(=O)(NC1CCC1)NC1CCCCN1. The van der Waals surface area contributed by atoms with E-state index in [9.17, 15) is 8.42 Å². The molecule has 0 radical (unpaired) electrons. The summed E-state index contributed by atoms with van der Waals surface area (Å²) in [6.45, 7) is 0.899. The second kappa shape index (κ2) is 4.78. The van der Waals surface area contributed by atoms with Crippen molar-refractivity contribution in [1.29, 1.82) is 0 Å². The molecule has 0 amide bonds. The summed E-state index contributed by atoms with van der Waals surface area (Å²) in [6.07, 6.45) is 6.09. The molecule has 3 N–H and O–H groups in total. The molecule has 88 valence electrons. The van der Waals surface area contributed by atoms with E-state index in [-0.39, 0.29) is 12.2 Å². The van der Waals surface area contributed by atoms with Crippen molar-refractivity contribution in [3.8, 4) is 0 Å². The number of hydrogen-bond acceptors (Lipinski definition) is 3. The van der Waals surface area contributed by atoms with Crippen molar-refractivity contribution in [3.05, 3.63) is 0 Å². The van der Waals surface area contributed by atoms with Crippen LogP contribution >= 0.6 is 0 Å². The van der Waals surface area contributed by atoms with E-state index in [4.69, 9.17) is 0 Å². The number of nitrogens with one attached hydrogen (secondary N) is 3. The van der Waals surface area contributed by atoms with Crippen molar-refractivity contribution in [1.82, 2.24) is 14.8 Å². The van der Waals surface area contributed by atoms with Crippen LogP contribution in [0, 0.1) is 0 Å². The summed E-state index contributed by atoms with van der Waals surface area (Å²) < 4.78 is 28.6. The van der Waals surface area contributed by atoms with Crippen molar-refractivity contribution in [2.75, 3.05) is 6.54 Å². The molecule has 6 heteroatoms. The van der Waals surface area contributed by atoms with Gasteiger partial charge in [0.05, 0.1) is 6.17 Å². The van der Waals surface area contributed by atoms with Crippen molar-refractivity contribution in [2.24, 2.45) is 0 Å². The average molecular weight is 233 g/mol. The molecule has 2 rings (SSSR count). The molecular weight excluding hydrogens is 214 g/mol. The Morgan fingerprint density at radius 1 is 1.00 bits per heavy atom. The van der Waals surface area contributed by atoms with Crippen LogP contribution in [0.3, 0.4) is 0 Å². The maximum atomic E-state index is 11.6. The number of hydrogen-bond donors (Lipinski definition) is 3. The molecule has 0 aromatic carbocycles. The molecule has 0 aromatic rings. The van der Waals surface area contributed by atoms with Crippen LogP contribution in [0.4, 0.5) is 0 Å². The minimum atomic E-state index is -3.30. The zero-order valence-electron chi connectivity index (χ0n) is 8.83. The van der Waals surface area contributed by atoms with Gasteiger partial charge >= 0.3 is 0 Å². The zero-order chi connectivity index (χ0) is 10.7.